The second-order valence-electron chi connectivity index (χ2n) is 8.13. The Morgan fingerprint density at radius 2 is 1.58 bits per heavy atom. The number of amides is 2. The maximum atomic E-state index is 12.8. The van der Waals surface area contributed by atoms with Gasteiger partial charge >= 0.3 is 0 Å². The molecule has 0 atom stereocenters. The Balaban J connectivity index is 1.33. The van der Waals surface area contributed by atoms with Gasteiger partial charge in [0.25, 0.3) is 11.8 Å². The van der Waals surface area contributed by atoms with Crippen LogP contribution >= 0.6 is 11.6 Å². The maximum absolute atomic E-state index is 12.8. The summed E-state index contributed by atoms with van der Waals surface area (Å²) in [5.41, 5.74) is 1.50. The van der Waals surface area contributed by atoms with Crippen molar-refractivity contribution in [1.29, 1.82) is 0 Å². The van der Waals surface area contributed by atoms with Crippen LogP contribution in [0.3, 0.4) is 0 Å². The summed E-state index contributed by atoms with van der Waals surface area (Å²) in [5, 5.41) is 0.454. The van der Waals surface area contributed by atoms with E-state index in [0.717, 1.165) is 38.9 Å². The highest BCUT2D eigenvalue weighted by molar-refractivity contribution is 6.33. The molecular formula is C23H27ClN4O3. The molecular weight excluding hydrogens is 416 g/mol. The van der Waals surface area contributed by atoms with E-state index in [1.807, 2.05) is 11.0 Å². The van der Waals surface area contributed by atoms with Crippen molar-refractivity contribution in [3.05, 3.63) is 58.4 Å². The maximum Gasteiger partial charge on any atom is 0.270 e. The van der Waals surface area contributed by atoms with Crippen LogP contribution in [0.4, 0.5) is 0 Å². The Hall–Kier alpha value is -2.64. The zero-order valence-corrected chi connectivity index (χ0v) is 18.2. The Bertz CT molecular complexity index is 967. The predicted molar refractivity (Wildman–Crippen MR) is 119 cm³/mol. The van der Waals surface area contributed by atoms with Crippen LogP contribution in [0.1, 0.15) is 50.5 Å². The fourth-order valence-corrected chi connectivity index (χ4v) is 4.42. The Labute approximate surface area is 186 Å². The van der Waals surface area contributed by atoms with Crippen LogP contribution in [-0.2, 0) is 0 Å². The van der Waals surface area contributed by atoms with Crippen molar-refractivity contribution in [3.63, 3.8) is 0 Å². The van der Waals surface area contributed by atoms with Crippen LogP contribution in [0.2, 0.25) is 5.02 Å². The van der Waals surface area contributed by atoms with Gasteiger partial charge in [0.1, 0.15) is 5.69 Å². The SMILES string of the molecule is O=C(CN1CCCN(C(=O)c2ccccc2Cl)CC1)c1c[nH]c(C(=O)N2CCCC2)c1. The molecule has 1 N–H and O–H groups in total. The van der Waals surface area contributed by atoms with Crippen molar-refractivity contribution in [2.24, 2.45) is 0 Å². The molecule has 0 spiro atoms. The number of aromatic nitrogens is 1. The normalized spacial score (nSPS) is 17.6. The molecule has 2 saturated heterocycles. The number of ketones is 1. The van der Waals surface area contributed by atoms with E-state index in [4.69, 9.17) is 11.6 Å². The molecule has 2 aromatic rings. The Morgan fingerprint density at radius 1 is 0.871 bits per heavy atom. The number of Topliss-reactive ketones (excluding diaryl/α,β-unsaturated/α-hetero) is 1. The quantitative estimate of drug-likeness (QED) is 0.722. The third-order valence-corrected chi connectivity index (χ3v) is 6.31. The number of carbonyl (C=O) groups excluding carboxylic acids is 3. The third kappa shape index (κ3) is 4.99. The van der Waals surface area contributed by atoms with Gasteiger partial charge < -0.3 is 14.8 Å². The van der Waals surface area contributed by atoms with Crippen LogP contribution in [0, 0.1) is 0 Å². The number of aromatic amines is 1. The van der Waals surface area contributed by atoms with Gasteiger partial charge in [0, 0.05) is 51.0 Å². The molecule has 0 aliphatic carbocycles. The number of halogens is 1. The molecule has 31 heavy (non-hydrogen) atoms. The van der Waals surface area contributed by atoms with Crippen molar-refractivity contribution in [2.45, 2.75) is 19.3 Å². The van der Waals surface area contributed by atoms with Gasteiger partial charge in [-0.3, -0.25) is 19.3 Å². The number of rotatable bonds is 5. The lowest BCUT2D eigenvalue weighted by molar-refractivity contribution is 0.0759. The zero-order valence-electron chi connectivity index (χ0n) is 17.5. The summed E-state index contributed by atoms with van der Waals surface area (Å²) in [4.78, 5) is 46.7. The molecule has 8 heteroatoms. The number of nitrogens with one attached hydrogen (secondary N) is 1. The van der Waals surface area contributed by atoms with E-state index < -0.39 is 0 Å². The van der Waals surface area contributed by atoms with Gasteiger partial charge in [-0.2, -0.15) is 0 Å². The minimum Gasteiger partial charge on any atom is -0.356 e. The summed E-state index contributed by atoms with van der Waals surface area (Å²) >= 11 is 6.18. The van der Waals surface area contributed by atoms with Crippen molar-refractivity contribution in [2.75, 3.05) is 45.8 Å². The highest BCUT2D eigenvalue weighted by Gasteiger charge is 2.25. The van der Waals surface area contributed by atoms with Crippen molar-refractivity contribution >= 4 is 29.2 Å². The number of hydrogen-bond donors (Lipinski definition) is 1. The largest absolute Gasteiger partial charge is 0.356 e. The van der Waals surface area contributed by atoms with Crippen molar-refractivity contribution in [1.82, 2.24) is 19.7 Å². The molecule has 4 rings (SSSR count). The number of H-pyrrole nitrogens is 1. The lowest BCUT2D eigenvalue weighted by Gasteiger charge is -2.22. The molecule has 3 heterocycles. The van der Waals surface area contributed by atoms with Crippen LogP contribution in [0.5, 0.6) is 0 Å². The number of carbonyl (C=O) groups is 3. The molecule has 1 aromatic carbocycles. The third-order valence-electron chi connectivity index (χ3n) is 5.98. The topological polar surface area (TPSA) is 76.7 Å². The summed E-state index contributed by atoms with van der Waals surface area (Å²) in [7, 11) is 0. The lowest BCUT2D eigenvalue weighted by Crippen LogP contribution is -2.36. The van der Waals surface area contributed by atoms with Gasteiger partial charge in [-0.1, -0.05) is 23.7 Å². The minimum atomic E-state index is -0.0746. The van der Waals surface area contributed by atoms with E-state index in [1.165, 1.54) is 0 Å². The van der Waals surface area contributed by atoms with Gasteiger partial charge in [0.15, 0.2) is 5.78 Å². The van der Waals surface area contributed by atoms with Gasteiger partial charge in [-0.15, -0.1) is 0 Å². The van der Waals surface area contributed by atoms with Crippen LogP contribution in [0.15, 0.2) is 36.5 Å². The molecule has 0 bridgehead atoms. The van der Waals surface area contributed by atoms with E-state index in [1.54, 1.807) is 35.4 Å². The number of hydrogen-bond acceptors (Lipinski definition) is 4. The first-order valence-electron chi connectivity index (χ1n) is 10.8. The van der Waals surface area contributed by atoms with E-state index in [9.17, 15) is 14.4 Å². The average Bonchev–Trinajstić information content (AvgIpc) is 3.43. The fraction of sp³-hybridized carbons (Fsp3) is 0.435. The molecule has 2 fully saturated rings. The molecule has 1 aromatic heterocycles. The standard InChI is InChI=1S/C23H27ClN4O3/c24-19-7-2-1-6-18(19)22(30)28-11-5-8-26(12-13-28)16-21(29)17-14-20(25-15-17)23(31)27-9-3-4-10-27/h1-2,6-7,14-15,25H,3-5,8-13,16H2. The fourth-order valence-electron chi connectivity index (χ4n) is 4.20. The first kappa shape index (κ1) is 21.6. The Kier molecular flexibility index (Phi) is 6.73. The summed E-state index contributed by atoms with van der Waals surface area (Å²) in [6.07, 6.45) is 4.47. The smallest absolute Gasteiger partial charge is 0.270 e. The number of likely N-dealkylation sites (tertiary alicyclic amines) is 1. The van der Waals surface area contributed by atoms with Gasteiger partial charge in [-0.25, -0.2) is 0 Å². The van der Waals surface area contributed by atoms with Gasteiger partial charge in [0.05, 0.1) is 17.1 Å². The first-order valence-corrected chi connectivity index (χ1v) is 11.2. The van der Waals surface area contributed by atoms with Gasteiger partial charge in [0.2, 0.25) is 0 Å². The van der Waals surface area contributed by atoms with Crippen molar-refractivity contribution in [3.8, 4) is 0 Å². The van der Waals surface area contributed by atoms with E-state index >= 15 is 0 Å². The van der Waals surface area contributed by atoms with E-state index in [2.05, 4.69) is 9.88 Å². The highest BCUT2D eigenvalue weighted by atomic mass is 35.5. The molecule has 2 aliphatic rings. The first-order chi connectivity index (χ1) is 15.0. The molecule has 164 valence electrons. The van der Waals surface area contributed by atoms with E-state index in [-0.39, 0.29) is 24.1 Å². The van der Waals surface area contributed by atoms with Gasteiger partial charge in [-0.05, 0) is 37.5 Å². The number of benzene rings is 1. The average molecular weight is 443 g/mol. The second kappa shape index (κ2) is 9.66. The molecule has 2 aliphatic heterocycles. The molecule has 7 nitrogen and oxygen atoms in total. The minimum absolute atomic E-state index is 0.0254. The van der Waals surface area contributed by atoms with Crippen LogP contribution in [0.25, 0.3) is 0 Å². The monoisotopic (exact) mass is 442 g/mol. The molecule has 0 radical (unpaired) electrons. The van der Waals surface area contributed by atoms with Crippen LogP contribution in [-0.4, -0.2) is 83.1 Å². The summed E-state index contributed by atoms with van der Waals surface area (Å²) < 4.78 is 0. The Morgan fingerprint density at radius 3 is 2.35 bits per heavy atom. The highest BCUT2D eigenvalue weighted by Crippen LogP contribution is 2.19. The summed E-state index contributed by atoms with van der Waals surface area (Å²) in [5.74, 6) is -0.142. The second-order valence-corrected chi connectivity index (χ2v) is 8.53. The molecule has 0 unspecified atom stereocenters. The predicted octanol–water partition coefficient (Wildman–Crippen LogP) is 2.93. The number of nitrogens with zero attached hydrogens (tertiary/aromatic N) is 3. The zero-order chi connectivity index (χ0) is 21.8. The molecule has 0 saturated carbocycles. The van der Waals surface area contributed by atoms with E-state index in [0.29, 0.717) is 41.5 Å². The summed E-state index contributed by atoms with van der Waals surface area (Å²) in [6, 6.07) is 8.73. The summed E-state index contributed by atoms with van der Waals surface area (Å²) in [6.45, 7) is 4.35. The lowest BCUT2D eigenvalue weighted by atomic mass is 10.2. The molecule has 2 amide bonds. The van der Waals surface area contributed by atoms with Crippen molar-refractivity contribution < 1.29 is 14.4 Å². The van der Waals surface area contributed by atoms with Crippen LogP contribution < -0.4 is 0 Å².